The lowest BCUT2D eigenvalue weighted by atomic mass is 9.78. The van der Waals surface area contributed by atoms with E-state index in [4.69, 9.17) is 4.74 Å². The molecule has 170 valence electrons. The maximum Gasteiger partial charge on any atom is 0.251 e. The van der Waals surface area contributed by atoms with Gasteiger partial charge in [0, 0.05) is 44.8 Å². The zero-order valence-electron chi connectivity index (χ0n) is 19.1. The SMILES string of the molecule is CCCNC(=O)c1cccc(CNC(=NC)NCC2CCCOC2C(C)(C)C)c1.I. The monoisotopic (exact) mass is 530 g/mol. The lowest BCUT2D eigenvalue weighted by molar-refractivity contribution is -0.0835. The summed E-state index contributed by atoms with van der Waals surface area (Å²) in [5.74, 6) is 1.21. The van der Waals surface area contributed by atoms with Crippen LogP contribution in [-0.2, 0) is 11.3 Å². The molecule has 6 nitrogen and oxygen atoms in total. The molecule has 0 bridgehead atoms. The molecule has 1 amide bonds. The van der Waals surface area contributed by atoms with Gasteiger partial charge in [0.1, 0.15) is 0 Å². The number of guanidine groups is 1. The molecule has 2 unspecified atom stereocenters. The van der Waals surface area contributed by atoms with E-state index >= 15 is 0 Å². The van der Waals surface area contributed by atoms with Gasteiger partial charge in [-0.15, -0.1) is 24.0 Å². The first-order valence-corrected chi connectivity index (χ1v) is 10.8. The Hall–Kier alpha value is -1.35. The molecule has 0 radical (unpaired) electrons. The van der Waals surface area contributed by atoms with E-state index in [1.165, 1.54) is 6.42 Å². The van der Waals surface area contributed by atoms with Crippen molar-refractivity contribution in [2.45, 2.75) is 59.6 Å². The van der Waals surface area contributed by atoms with E-state index < -0.39 is 0 Å². The van der Waals surface area contributed by atoms with Gasteiger partial charge in [0.15, 0.2) is 5.96 Å². The summed E-state index contributed by atoms with van der Waals surface area (Å²) in [7, 11) is 1.78. The van der Waals surface area contributed by atoms with Crippen LogP contribution in [0.3, 0.4) is 0 Å². The van der Waals surface area contributed by atoms with Gasteiger partial charge in [-0.1, -0.05) is 39.8 Å². The minimum atomic E-state index is -0.0262. The third kappa shape index (κ3) is 8.41. The second-order valence-electron chi connectivity index (χ2n) is 8.82. The van der Waals surface area contributed by atoms with Crippen LogP contribution < -0.4 is 16.0 Å². The van der Waals surface area contributed by atoms with E-state index in [1.807, 2.05) is 31.2 Å². The summed E-state index contributed by atoms with van der Waals surface area (Å²) in [6.07, 6.45) is 3.45. The van der Waals surface area contributed by atoms with Gasteiger partial charge >= 0.3 is 0 Å². The highest BCUT2D eigenvalue weighted by Gasteiger charge is 2.35. The first-order chi connectivity index (χ1) is 13.8. The number of nitrogens with zero attached hydrogens (tertiary/aromatic N) is 1. The van der Waals surface area contributed by atoms with Crippen molar-refractivity contribution in [3.8, 4) is 0 Å². The van der Waals surface area contributed by atoms with Gasteiger partial charge in [0.25, 0.3) is 5.91 Å². The van der Waals surface area contributed by atoms with Crippen LogP contribution in [0, 0.1) is 11.3 Å². The molecule has 1 aliphatic heterocycles. The summed E-state index contributed by atoms with van der Waals surface area (Å²) < 4.78 is 6.08. The number of benzene rings is 1. The molecule has 0 aliphatic carbocycles. The molecule has 30 heavy (non-hydrogen) atoms. The van der Waals surface area contributed by atoms with Crippen LogP contribution in [0.4, 0.5) is 0 Å². The second kappa shape index (κ2) is 13.1. The van der Waals surface area contributed by atoms with Gasteiger partial charge in [-0.25, -0.2) is 0 Å². The number of halogens is 1. The van der Waals surface area contributed by atoms with Crippen LogP contribution in [0.1, 0.15) is 62.9 Å². The Kier molecular flexibility index (Phi) is 11.7. The molecule has 1 fully saturated rings. The Bertz CT molecular complexity index is 688. The van der Waals surface area contributed by atoms with E-state index in [2.05, 4.69) is 41.7 Å². The molecule has 0 aromatic heterocycles. The number of hydrogen-bond acceptors (Lipinski definition) is 3. The normalized spacial score (nSPS) is 19.6. The minimum Gasteiger partial charge on any atom is -0.377 e. The lowest BCUT2D eigenvalue weighted by Gasteiger charge is -2.40. The number of rotatable bonds is 7. The van der Waals surface area contributed by atoms with Crippen molar-refractivity contribution >= 4 is 35.8 Å². The summed E-state index contributed by atoms with van der Waals surface area (Å²) >= 11 is 0. The van der Waals surface area contributed by atoms with Crippen LogP contribution in [0.15, 0.2) is 29.3 Å². The second-order valence-corrected chi connectivity index (χ2v) is 8.82. The van der Waals surface area contributed by atoms with Crippen molar-refractivity contribution in [2.75, 3.05) is 26.7 Å². The molecule has 0 spiro atoms. The zero-order chi connectivity index (χ0) is 21.3. The van der Waals surface area contributed by atoms with Crippen LogP contribution in [-0.4, -0.2) is 44.7 Å². The highest BCUT2D eigenvalue weighted by atomic mass is 127. The maximum absolute atomic E-state index is 12.2. The summed E-state index contributed by atoms with van der Waals surface area (Å²) in [6, 6.07) is 7.70. The standard InChI is InChI=1S/C23H38N4O2.HI/c1-6-12-25-21(28)18-10-7-9-17(14-18)15-26-22(24-5)27-16-19-11-8-13-29-20(19)23(2,3)4;/h7,9-10,14,19-20H,6,8,11-13,15-16H2,1-5H3,(H,25,28)(H2,24,26,27);1H. The highest BCUT2D eigenvalue weighted by molar-refractivity contribution is 14.0. The molecule has 7 heteroatoms. The van der Waals surface area contributed by atoms with Crippen LogP contribution in [0.2, 0.25) is 0 Å². The van der Waals surface area contributed by atoms with Gasteiger partial charge in [0.2, 0.25) is 0 Å². The third-order valence-corrected chi connectivity index (χ3v) is 5.24. The fourth-order valence-corrected chi connectivity index (χ4v) is 3.81. The molecule has 2 rings (SSSR count). The van der Waals surface area contributed by atoms with Gasteiger partial charge in [-0.05, 0) is 42.4 Å². The molecule has 1 aromatic rings. The van der Waals surface area contributed by atoms with Crippen LogP contribution >= 0.6 is 24.0 Å². The smallest absolute Gasteiger partial charge is 0.251 e. The molecule has 1 aromatic carbocycles. The lowest BCUT2D eigenvalue weighted by Crippen LogP contribution is -2.47. The van der Waals surface area contributed by atoms with E-state index in [0.29, 0.717) is 24.6 Å². The fourth-order valence-electron chi connectivity index (χ4n) is 3.81. The van der Waals surface area contributed by atoms with Gasteiger partial charge in [-0.2, -0.15) is 0 Å². The van der Waals surface area contributed by atoms with Crippen molar-refractivity contribution in [3.63, 3.8) is 0 Å². The number of ether oxygens (including phenoxy) is 1. The number of nitrogens with one attached hydrogen (secondary N) is 3. The van der Waals surface area contributed by atoms with Crippen molar-refractivity contribution in [3.05, 3.63) is 35.4 Å². The average Bonchev–Trinajstić information content (AvgIpc) is 2.72. The Morgan fingerprint density at radius 2 is 2.00 bits per heavy atom. The Labute approximate surface area is 199 Å². The molecule has 1 saturated heterocycles. The fraction of sp³-hybridized carbons (Fsp3) is 0.652. The molecular weight excluding hydrogens is 491 g/mol. The largest absolute Gasteiger partial charge is 0.377 e. The van der Waals surface area contributed by atoms with E-state index in [9.17, 15) is 4.79 Å². The Morgan fingerprint density at radius 3 is 2.67 bits per heavy atom. The number of amides is 1. The number of aliphatic imine (C=N–C) groups is 1. The minimum absolute atomic E-state index is 0. The summed E-state index contributed by atoms with van der Waals surface area (Å²) in [4.78, 5) is 16.5. The summed E-state index contributed by atoms with van der Waals surface area (Å²) in [5.41, 5.74) is 1.86. The summed E-state index contributed by atoms with van der Waals surface area (Å²) in [6.45, 7) is 11.8. The first kappa shape index (κ1) is 26.7. The number of carbonyl (C=O) groups excluding carboxylic acids is 1. The van der Waals surface area contributed by atoms with Crippen molar-refractivity contribution in [2.24, 2.45) is 16.3 Å². The number of hydrogen-bond donors (Lipinski definition) is 3. The van der Waals surface area contributed by atoms with E-state index in [-0.39, 0.29) is 41.4 Å². The first-order valence-electron chi connectivity index (χ1n) is 10.8. The van der Waals surface area contributed by atoms with Crippen LogP contribution in [0.5, 0.6) is 0 Å². The molecular formula is C23H39IN4O2. The summed E-state index contributed by atoms with van der Waals surface area (Å²) in [5, 5.41) is 9.73. The van der Waals surface area contributed by atoms with E-state index in [1.54, 1.807) is 7.05 Å². The predicted molar refractivity (Wildman–Crippen MR) is 135 cm³/mol. The molecule has 1 aliphatic rings. The predicted octanol–water partition coefficient (Wildman–Crippen LogP) is 3.95. The number of carbonyl (C=O) groups is 1. The molecule has 2 atom stereocenters. The quantitative estimate of drug-likeness (QED) is 0.284. The van der Waals surface area contributed by atoms with Crippen molar-refractivity contribution in [1.29, 1.82) is 0 Å². The van der Waals surface area contributed by atoms with Crippen molar-refractivity contribution in [1.82, 2.24) is 16.0 Å². The third-order valence-electron chi connectivity index (χ3n) is 5.24. The Balaban J connectivity index is 0.00000450. The average molecular weight is 530 g/mol. The molecule has 3 N–H and O–H groups in total. The van der Waals surface area contributed by atoms with Gasteiger partial charge in [0.05, 0.1) is 6.10 Å². The zero-order valence-corrected chi connectivity index (χ0v) is 21.4. The highest BCUT2D eigenvalue weighted by Crippen LogP contribution is 2.33. The van der Waals surface area contributed by atoms with Gasteiger partial charge in [-0.3, -0.25) is 9.79 Å². The molecule has 0 saturated carbocycles. The van der Waals surface area contributed by atoms with E-state index in [0.717, 1.165) is 37.5 Å². The Morgan fingerprint density at radius 1 is 1.23 bits per heavy atom. The maximum atomic E-state index is 12.2. The molecule has 1 heterocycles. The van der Waals surface area contributed by atoms with Crippen LogP contribution in [0.25, 0.3) is 0 Å². The van der Waals surface area contributed by atoms with Gasteiger partial charge < -0.3 is 20.7 Å². The van der Waals surface area contributed by atoms with Crippen molar-refractivity contribution < 1.29 is 9.53 Å². The topological polar surface area (TPSA) is 74.8 Å².